The van der Waals surface area contributed by atoms with Gasteiger partial charge in [0.25, 0.3) is 5.91 Å². The third kappa shape index (κ3) is 3.65. The number of furan rings is 1. The van der Waals surface area contributed by atoms with Crippen molar-refractivity contribution in [2.24, 2.45) is 0 Å². The summed E-state index contributed by atoms with van der Waals surface area (Å²) < 4.78 is 10.4. The van der Waals surface area contributed by atoms with E-state index < -0.39 is 0 Å². The molecule has 0 saturated carbocycles. The third-order valence-corrected chi connectivity index (χ3v) is 5.43. The maximum atomic E-state index is 12.3. The molecule has 0 spiro atoms. The van der Waals surface area contributed by atoms with Crippen molar-refractivity contribution in [3.8, 4) is 22.1 Å². The van der Waals surface area contributed by atoms with Gasteiger partial charge in [-0.05, 0) is 25.1 Å². The lowest BCUT2D eigenvalue weighted by atomic mass is 10.2. The molecule has 0 aliphatic heterocycles. The van der Waals surface area contributed by atoms with E-state index in [0.29, 0.717) is 23.1 Å². The van der Waals surface area contributed by atoms with Gasteiger partial charge >= 0.3 is 0 Å². The predicted octanol–water partition coefficient (Wildman–Crippen LogP) is 4.95. The van der Waals surface area contributed by atoms with Crippen LogP contribution in [0.15, 0.2) is 57.7 Å². The number of halogens is 1. The fourth-order valence-corrected chi connectivity index (χ4v) is 3.83. The Morgan fingerprint density at radius 2 is 2.07 bits per heavy atom. The summed E-state index contributed by atoms with van der Waals surface area (Å²) in [4.78, 5) is 17.9. The Hall–Kier alpha value is -2.90. The molecule has 0 radical (unpaired) electrons. The Kier molecular flexibility index (Phi) is 4.79. The number of rotatable bonds is 5. The van der Waals surface area contributed by atoms with Crippen LogP contribution in [0.25, 0.3) is 22.1 Å². The van der Waals surface area contributed by atoms with Gasteiger partial charge in [0.2, 0.25) is 5.76 Å². The van der Waals surface area contributed by atoms with Gasteiger partial charge in [-0.3, -0.25) is 4.79 Å². The van der Waals surface area contributed by atoms with Crippen LogP contribution in [0.4, 0.5) is 0 Å². The summed E-state index contributed by atoms with van der Waals surface area (Å²) in [6, 6.07) is 12.6. The lowest BCUT2D eigenvalue weighted by molar-refractivity contribution is 0.0942. The third-order valence-electron chi connectivity index (χ3n) is 3.91. The number of aromatic nitrogens is 2. The van der Waals surface area contributed by atoms with E-state index in [4.69, 9.17) is 20.5 Å². The monoisotopic (exact) mass is 399 g/mol. The van der Waals surface area contributed by atoms with E-state index in [-0.39, 0.29) is 11.6 Å². The van der Waals surface area contributed by atoms with Crippen molar-refractivity contribution in [3.63, 3.8) is 0 Å². The van der Waals surface area contributed by atoms with E-state index in [2.05, 4.69) is 15.5 Å². The van der Waals surface area contributed by atoms with Crippen molar-refractivity contribution in [1.29, 1.82) is 0 Å². The number of nitrogens with zero attached hydrogens (tertiary/aromatic N) is 2. The Bertz CT molecular complexity index is 1090. The second-order valence-electron chi connectivity index (χ2n) is 5.74. The topological polar surface area (TPSA) is 81.2 Å². The van der Waals surface area contributed by atoms with Gasteiger partial charge in [0.15, 0.2) is 11.5 Å². The Morgan fingerprint density at radius 1 is 1.22 bits per heavy atom. The molecule has 0 aliphatic carbocycles. The molecule has 0 fully saturated rings. The van der Waals surface area contributed by atoms with E-state index in [1.54, 1.807) is 18.2 Å². The fourth-order valence-electron chi connectivity index (χ4n) is 2.51. The number of hydrogen-bond donors (Lipinski definition) is 1. The number of aryl methyl sites for hydroxylation is 1. The minimum atomic E-state index is -0.330. The number of carbonyl (C=O) groups is 1. The maximum Gasteiger partial charge on any atom is 0.273 e. The number of carbonyl (C=O) groups excluding carboxylic acids is 1. The molecule has 3 aromatic heterocycles. The fraction of sp³-hybridized carbons (Fsp3) is 0.105. The molecule has 0 unspecified atom stereocenters. The van der Waals surface area contributed by atoms with Gasteiger partial charge in [-0.25, -0.2) is 4.98 Å². The second kappa shape index (κ2) is 7.38. The highest BCUT2D eigenvalue weighted by atomic mass is 35.5. The minimum absolute atomic E-state index is 0.190. The molecule has 1 N–H and O–H groups in total. The number of nitrogens with one attached hydrogen (secondary N) is 1. The van der Waals surface area contributed by atoms with Crippen LogP contribution in [0.1, 0.15) is 21.1 Å². The molecule has 4 rings (SSSR count). The van der Waals surface area contributed by atoms with Crippen molar-refractivity contribution in [2.45, 2.75) is 13.5 Å². The molecule has 1 aromatic carbocycles. The molecule has 0 aliphatic rings. The van der Waals surface area contributed by atoms with Crippen molar-refractivity contribution >= 4 is 28.8 Å². The van der Waals surface area contributed by atoms with Crippen molar-refractivity contribution in [2.75, 3.05) is 0 Å². The van der Waals surface area contributed by atoms with Gasteiger partial charge < -0.3 is 14.3 Å². The largest absolute Gasteiger partial charge is 0.461 e. The zero-order valence-corrected chi connectivity index (χ0v) is 15.8. The van der Waals surface area contributed by atoms with Gasteiger partial charge in [-0.15, -0.1) is 11.3 Å². The van der Waals surface area contributed by atoms with Crippen LogP contribution in [0, 0.1) is 6.92 Å². The molecular weight excluding hydrogens is 386 g/mol. The van der Waals surface area contributed by atoms with Crippen LogP contribution in [-0.4, -0.2) is 16.0 Å². The first kappa shape index (κ1) is 17.5. The van der Waals surface area contributed by atoms with Crippen LogP contribution in [0.2, 0.25) is 5.02 Å². The molecular formula is C19H14ClN3O3S. The predicted molar refractivity (Wildman–Crippen MR) is 103 cm³/mol. The first-order valence-corrected chi connectivity index (χ1v) is 9.31. The zero-order valence-electron chi connectivity index (χ0n) is 14.2. The summed E-state index contributed by atoms with van der Waals surface area (Å²) in [5.41, 5.74) is 1.92. The minimum Gasteiger partial charge on any atom is -0.461 e. The van der Waals surface area contributed by atoms with E-state index in [9.17, 15) is 4.79 Å². The Morgan fingerprint density at radius 3 is 2.85 bits per heavy atom. The summed E-state index contributed by atoms with van der Waals surface area (Å²) in [5.74, 6) is 0.591. The Labute approximate surface area is 163 Å². The molecule has 8 heteroatoms. The Balaban J connectivity index is 1.46. The standard InChI is InChI=1S/C19H14ClN3O3S/c1-11-17(27-19(22-11)12-5-2-3-6-13(12)20)10-21-18(24)14-9-16(26-23-14)15-7-4-8-25-15/h2-9H,10H2,1H3,(H,21,24). The molecule has 27 heavy (non-hydrogen) atoms. The first-order valence-electron chi connectivity index (χ1n) is 8.12. The van der Waals surface area contributed by atoms with E-state index in [1.807, 2.05) is 31.2 Å². The average Bonchev–Trinajstić information content (AvgIpc) is 3.40. The highest BCUT2D eigenvalue weighted by Crippen LogP contribution is 2.32. The van der Waals surface area contributed by atoms with Crippen molar-refractivity contribution < 1.29 is 13.7 Å². The summed E-state index contributed by atoms with van der Waals surface area (Å²) in [7, 11) is 0. The highest BCUT2D eigenvalue weighted by molar-refractivity contribution is 7.15. The van der Waals surface area contributed by atoms with Gasteiger partial charge in [-0.2, -0.15) is 0 Å². The van der Waals surface area contributed by atoms with Crippen LogP contribution < -0.4 is 5.32 Å². The highest BCUT2D eigenvalue weighted by Gasteiger charge is 2.17. The van der Waals surface area contributed by atoms with E-state index >= 15 is 0 Å². The van der Waals surface area contributed by atoms with Crippen molar-refractivity contribution in [1.82, 2.24) is 15.5 Å². The number of hydrogen-bond acceptors (Lipinski definition) is 6. The second-order valence-corrected chi connectivity index (χ2v) is 7.23. The van der Waals surface area contributed by atoms with Crippen LogP contribution >= 0.6 is 22.9 Å². The number of thiazole rings is 1. The smallest absolute Gasteiger partial charge is 0.273 e. The lowest BCUT2D eigenvalue weighted by Gasteiger charge is -2.00. The van der Waals surface area contributed by atoms with Crippen LogP contribution in [0.3, 0.4) is 0 Å². The van der Waals surface area contributed by atoms with Gasteiger partial charge in [0.1, 0.15) is 5.01 Å². The molecule has 1 amide bonds. The summed E-state index contributed by atoms with van der Waals surface area (Å²) in [5, 5.41) is 8.11. The quantitative estimate of drug-likeness (QED) is 0.513. The summed E-state index contributed by atoms with van der Waals surface area (Å²) >= 11 is 7.74. The molecule has 3 heterocycles. The number of amides is 1. The first-order chi connectivity index (χ1) is 13.1. The zero-order chi connectivity index (χ0) is 18.8. The van der Waals surface area contributed by atoms with Crippen molar-refractivity contribution in [3.05, 3.63) is 70.0 Å². The maximum absolute atomic E-state index is 12.3. The van der Waals surface area contributed by atoms with Crippen LogP contribution in [0.5, 0.6) is 0 Å². The molecule has 0 saturated heterocycles. The van der Waals surface area contributed by atoms with Crippen LogP contribution in [-0.2, 0) is 6.54 Å². The van der Waals surface area contributed by atoms with E-state index in [0.717, 1.165) is 21.1 Å². The summed E-state index contributed by atoms with van der Waals surface area (Å²) in [6.45, 7) is 2.25. The molecule has 4 aromatic rings. The summed E-state index contributed by atoms with van der Waals surface area (Å²) in [6.07, 6.45) is 1.53. The average molecular weight is 400 g/mol. The molecule has 0 atom stereocenters. The SMILES string of the molecule is Cc1nc(-c2ccccc2Cl)sc1CNC(=O)c1cc(-c2ccco2)on1. The van der Waals surface area contributed by atoms with Gasteiger partial charge in [-0.1, -0.05) is 35.0 Å². The normalized spacial score (nSPS) is 10.9. The molecule has 0 bridgehead atoms. The van der Waals surface area contributed by atoms with E-state index in [1.165, 1.54) is 17.6 Å². The molecule has 6 nitrogen and oxygen atoms in total. The number of benzene rings is 1. The van der Waals surface area contributed by atoms with Gasteiger partial charge in [0.05, 0.1) is 23.5 Å². The van der Waals surface area contributed by atoms with Gasteiger partial charge in [0, 0.05) is 16.5 Å². The lowest BCUT2D eigenvalue weighted by Crippen LogP contribution is -2.22. The molecule has 136 valence electrons.